The summed E-state index contributed by atoms with van der Waals surface area (Å²) in [6.07, 6.45) is 2.10. The van der Waals surface area contributed by atoms with Crippen molar-refractivity contribution < 1.29 is 4.79 Å². The molecule has 0 bridgehead atoms. The summed E-state index contributed by atoms with van der Waals surface area (Å²) in [5.74, 6) is 0.907. The molecule has 2 fully saturated rings. The van der Waals surface area contributed by atoms with Gasteiger partial charge < -0.3 is 15.5 Å². The topological polar surface area (TPSA) is 75.3 Å². The summed E-state index contributed by atoms with van der Waals surface area (Å²) in [6.45, 7) is 5.30. The number of rotatable bonds is 1. The summed E-state index contributed by atoms with van der Waals surface area (Å²) in [5, 5.41) is 0.477. The molecule has 3 rings (SSSR count). The smallest absolute Gasteiger partial charge is 0.245 e. The largest absolute Gasteiger partial charge is 0.368 e. The van der Waals surface area contributed by atoms with E-state index in [1.807, 2.05) is 16.7 Å². The number of halogens is 1. The zero-order valence-electron chi connectivity index (χ0n) is 11.6. The fraction of sp³-hybridized carbons (Fsp3) is 0.615. The highest BCUT2D eigenvalue weighted by atomic mass is 35.5. The Kier molecular flexibility index (Phi) is 3.20. The standard InChI is InChI=1S/C13H18ClN5O/c1-7-10(14)11(17-13(15)16-7)19-6-9-4-3-5-18(9)12(20)8(19)2/h8-9H,3-6H2,1-2H3,(H2,15,16,17)/t8-,9-/m1/s1. The van der Waals surface area contributed by atoms with E-state index in [4.69, 9.17) is 17.3 Å². The van der Waals surface area contributed by atoms with E-state index >= 15 is 0 Å². The lowest BCUT2D eigenvalue weighted by Crippen LogP contribution is -2.59. The van der Waals surface area contributed by atoms with Crippen molar-refractivity contribution in [2.75, 3.05) is 23.7 Å². The number of anilines is 2. The first-order valence-electron chi connectivity index (χ1n) is 6.85. The SMILES string of the molecule is Cc1nc(N)nc(N2C[C@H]3CCCN3C(=O)[C@H]2C)c1Cl. The first-order valence-corrected chi connectivity index (χ1v) is 7.23. The van der Waals surface area contributed by atoms with Crippen molar-refractivity contribution in [1.29, 1.82) is 0 Å². The molecule has 2 atom stereocenters. The molecule has 2 N–H and O–H groups in total. The lowest BCUT2D eigenvalue weighted by Gasteiger charge is -2.42. The van der Waals surface area contributed by atoms with E-state index in [0.717, 1.165) is 25.9 Å². The third-order valence-electron chi connectivity index (χ3n) is 4.18. The highest BCUT2D eigenvalue weighted by Crippen LogP contribution is 2.33. The van der Waals surface area contributed by atoms with Gasteiger partial charge in [-0.3, -0.25) is 4.79 Å². The summed E-state index contributed by atoms with van der Waals surface area (Å²) < 4.78 is 0. The maximum Gasteiger partial charge on any atom is 0.245 e. The third-order valence-corrected chi connectivity index (χ3v) is 4.62. The summed E-state index contributed by atoms with van der Waals surface area (Å²) in [4.78, 5) is 24.7. The highest BCUT2D eigenvalue weighted by Gasteiger charge is 2.41. The minimum absolute atomic E-state index is 0.143. The van der Waals surface area contributed by atoms with Gasteiger partial charge in [-0.05, 0) is 26.7 Å². The zero-order chi connectivity index (χ0) is 14.4. The number of carbonyl (C=O) groups is 1. The van der Waals surface area contributed by atoms with Crippen molar-refractivity contribution in [1.82, 2.24) is 14.9 Å². The molecule has 0 aromatic carbocycles. The monoisotopic (exact) mass is 295 g/mol. The van der Waals surface area contributed by atoms with Gasteiger partial charge in [0.05, 0.1) is 5.69 Å². The van der Waals surface area contributed by atoms with Gasteiger partial charge in [0.2, 0.25) is 11.9 Å². The van der Waals surface area contributed by atoms with E-state index in [2.05, 4.69) is 9.97 Å². The Morgan fingerprint density at radius 3 is 2.85 bits per heavy atom. The van der Waals surface area contributed by atoms with Crippen LogP contribution < -0.4 is 10.6 Å². The van der Waals surface area contributed by atoms with Crippen LogP contribution in [0.15, 0.2) is 0 Å². The minimum Gasteiger partial charge on any atom is -0.368 e. The first-order chi connectivity index (χ1) is 9.49. The normalized spacial score (nSPS) is 26.1. The Morgan fingerprint density at radius 1 is 1.35 bits per heavy atom. The number of carbonyl (C=O) groups excluding carboxylic acids is 1. The molecule has 0 saturated carbocycles. The molecule has 1 aromatic heterocycles. The Morgan fingerprint density at radius 2 is 2.10 bits per heavy atom. The number of piperazine rings is 1. The van der Waals surface area contributed by atoms with Crippen LogP contribution in [-0.2, 0) is 4.79 Å². The molecule has 1 aromatic rings. The quantitative estimate of drug-likeness (QED) is 0.843. The van der Waals surface area contributed by atoms with E-state index in [1.165, 1.54) is 0 Å². The number of nitrogens with zero attached hydrogens (tertiary/aromatic N) is 4. The Labute approximate surface area is 122 Å². The second kappa shape index (κ2) is 4.77. The fourth-order valence-electron chi connectivity index (χ4n) is 3.10. The first kappa shape index (κ1) is 13.4. The van der Waals surface area contributed by atoms with Crippen LogP contribution in [-0.4, -0.2) is 45.9 Å². The number of nitrogen functional groups attached to an aromatic ring is 1. The summed E-state index contributed by atoms with van der Waals surface area (Å²) in [5.41, 5.74) is 6.36. The zero-order valence-corrected chi connectivity index (χ0v) is 12.4. The van der Waals surface area contributed by atoms with Crippen molar-refractivity contribution in [3.8, 4) is 0 Å². The van der Waals surface area contributed by atoms with Gasteiger partial charge in [-0.15, -0.1) is 0 Å². The number of aromatic nitrogens is 2. The second-order valence-electron chi connectivity index (χ2n) is 5.46. The lowest BCUT2D eigenvalue weighted by atomic mass is 10.1. The van der Waals surface area contributed by atoms with Crippen LogP contribution in [0.2, 0.25) is 5.02 Å². The summed E-state index contributed by atoms with van der Waals surface area (Å²) in [6, 6.07) is -0.0122. The van der Waals surface area contributed by atoms with Crippen molar-refractivity contribution in [2.24, 2.45) is 0 Å². The average Bonchev–Trinajstić information content (AvgIpc) is 2.86. The predicted molar refractivity (Wildman–Crippen MR) is 77.7 cm³/mol. The molecule has 6 nitrogen and oxygen atoms in total. The van der Waals surface area contributed by atoms with Crippen LogP contribution in [0, 0.1) is 6.92 Å². The van der Waals surface area contributed by atoms with Crippen molar-refractivity contribution >= 4 is 29.3 Å². The van der Waals surface area contributed by atoms with E-state index in [0.29, 0.717) is 16.5 Å². The number of fused-ring (bicyclic) bond motifs is 1. The van der Waals surface area contributed by atoms with Gasteiger partial charge >= 0.3 is 0 Å². The van der Waals surface area contributed by atoms with Crippen LogP contribution in [0.5, 0.6) is 0 Å². The molecule has 3 heterocycles. The van der Waals surface area contributed by atoms with Gasteiger partial charge in [-0.2, -0.15) is 4.98 Å². The van der Waals surface area contributed by atoms with Crippen LogP contribution in [0.3, 0.4) is 0 Å². The Hall–Kier alpha value is -1.56. The van der Waals surface area contributed by atoms with E-state index in [1.54, 1.807) is 6.92 Å². The molecule has 7 heteroatoms. The fourth-order valence-corrected chi connectivity index (χ4v) is 3.29. The van der Waals surface area contributed by atoms with E-state index in [9.17, 15) is 4.79 Å². The molecule has 0 aliphatic carbocycles. The van der Waals surface area contributed by atoms with Gasteiger partial charge in [0.15, 0.2) is 5.82 Å². The molecular weight excluding hydrogens is 278 g/mol. The summed E-state index contributed by atoms with van der Waals surface area (Å²) in [7, 11) is 0. The van der Waals surface area contributed by atoms with Gasteiger partial charge in [0.1, 0.15) is 11.1 Å². The molecule has 2 aliphatic rings. The predicted octanol–water partition coefficient (Wildman–Crippen LogP) is 1.22. The number of hydrogen-bond donors (Lipinski definition) is 1. The molecule has 2 aliphatic heterocycles. The molecule has 0 unspecified atom stereocenters. The van der Waals surface area contributed by atoms with Crippen LogP contribution >= 0.6 is 11.6 Å². The molecule has 1 amide bonds. The number of aryl methyl sites for hydroxylation is 1. The van der Waals surface area contributed by atoms with Crippen LogP contribution in [0.1, 0.15) is 25.5 Å². The molecule has 20 heavy (non-hydrogen) atoms. The molecule has 108 valence electrons. The van der Waals surface area contributed by atoms with E-state index < -0.39 is 0 Å². The van der Waals surface area contributed by atoms with E-state index in [-0.39, 0.29) is 23.9 Å². The van der Waals surface area contributed by atoms with Crippen molar-refractivity contribution in [2.45, 2.75) is 38.8 Å². The van der Waals surface area contributed by atoms with Gasteiger partial charge in [0, 0.05) is 19.1 Å². The minimum atomic E-state index is -0.268. The van der Waals surface area contributed by atoms with Crippen LogP contribution in [0.25, 0.3) is 0 Å². The van der Waals surface area contributed by atoms with Crippen molar-refractivity contribution in [3.63, 3.8) is 0 Å². The Balaban J connectivity index is 1.99. The number of amides is 1. The molecular formula is C13H18ClN5O. The lowest BCUT2D eigenvalue weighted by molar-refractivity contribution is -0.134. The second-order valence-corrected chi connectivity index (χ2v) is 5.84. The maximum atomic E-state index is 12.4. The summed E-state index contributed by atoms with van der Waals surface area (Å²) >= 11 is 6.31. The van der Waals surface area contributed by atoms with Gasteiger partial charge in [-0.25, -0.2) is 4.98 Å². The molecule has 2 saturated heterocycles. The Bertz CT molecular complexity index is 564. The molecule has 0 spiro atoms. The number of hydrogen-bond acceptors (Lipinski definition) is 5. The van der Waals surface area contributed by atoms with Gasteiger partial charge in [-0.1, -0.05) is 11.6 Å². The highest BCUT2D eigenvalue weighted by molar-refractivity contribution is 6.33. The maximum absolute atomic E-state index is 12.4. The van der Waals surface area contributed by atoms with Crippen LogP contribution in [0.4, 0.5) is 11.8 Å². The number of nitrogens with two attached hydrogens (primary N) is 1. The average molecular weight is 296 g/mol. The van der Waals surface area contributed by atoms with Gasteiger partial charge in [0.25, 0.3) is 0 Å². The third kappa shape index (κ3) is 1.98. The van der Waals surface area contributed by atoms with Crippen molar-refractivity contribution in [3.05, 3.63) is 10.7 Å². The molecule has 0 radical (unpaired) electrons.